The van der Waals surface area contributed by atoms with E-state index in [-0.39, 0.29) is 6.61 Å². The average Bonchev–Trinajstić information content (AvgIpc) is 3.60. The minimum Gasteiger partial charge on any atom is -0.486 e. The minimum absolute atomic E-state index is 0.180. The van der Waals surface area contributed by atoms with Gasteiger partial charge in [0.05, 0.1) is 37.6 Å². The molecule has 1 saturated heterocycles. The Balaban J connectivity index is 1.28. The molecule has 0 atom stereocenters. The smallest absolute Gasteiger partial charge is 0.294 e. The Morgan fingerprint density at radius 3 is 2.94 bits per heavy atom. The van der Waals surface area contributed by atoms with Crippen molar-refractivity contribution in [3.63, 3.8) is 0 Å². The van der Waals surface area contributed by atoms with Gasteiger partial charge in [0.2, 0.25) is 4.96 Å². The lowest BCUT2D eigenvalue weighted by molar-refractivity contribution is -0.0117. The van der Waals surface area contributed by atoms with Gasteiger partial charge in [0, 0.05) is 29.3 Å². The monoisotopic (exact) mass is 520 g/mol. The van der Waals surface area contributed by atoms with E-state index in [1.54, 1.807) is 30.0 Å². The standard InChI is InChI=1S/C22H18ClFN4O4S2/c1-29-21-27-28-15(9-25-20(28)34-21)18-8-14-16(6-12(23)7-17(14)32-18)31-10-13-11-33-19(26-13)22(24)2-4-30-5-3-22/h6-9,11H,2-5,10H2,1H3. The highest BCUT2D eigenvalue weighted by atomic mass is 35.5. The van der Waals surface area contributed by atoms with E-state index in [2.05, 4.69) is 15.1 Å². The largest absolute Gasteiger partial charge is 0.486 e. The van der Waals surface area contributed by atoms with E-state index in [4.69, 9.17) is 30.2 Å². The van der Waals surface area contributed by atoms with Crippen molar-refractivity contribution in [2.75, 3.05) is 20.3 Å². The molecule has 0 spiro atoms. The third-order valence-corrected chi connectivity index (χ3v) is 7.83. The maximum atomic E-state index is 15.2. The zero-order valence-electron chi connectivity index (χ0n) is 17.9. The highest BCUT2D eigenvalue weighted by Crippen LogP contribution is 2.39. The molecule has 0 amide bonds. The summed E-state index contributed by atoms with van der Waals surface area (Å²) in [5.41, 5.74) is 0.478. The van der Waals surface area contributed by atoms with Crippen LogP contribution in [0.4, 0.5) is 4.39 Å². The van der Waals surface area contributed by atoms with Gasteiger partial charge in [-0.15, -0.1) is 16.4 Å². The summed E-state index contributed by atoms with van der Waals surface area (Å²) in [6, 6.07) is 5.32. The predicted molar refractivity (Wildman–Crippen MR) is 127 cm³/mol. The normalized spacial score (nSPS) is 15.9. The lowest BCUT2D eigenvalue weighted by Gasteiger charge is -2.27. The summed E-state index contributed by atoms with van der Waals surface area (Å²) in [4.78, 5) is 9.55. The molecular formula is C22H18ClFN4O4S2. The fraction of sp³-hybridized carbons (Fsp3) is 0.318. The molecule has 8 nitrogen and oxygen atoms in total. The summed E-state index contributed by atoms with van der Waals surface area (Å²) in [6.45, 7) is 0.990. The van der Waals surface area contributed by atoms with Crippen molar-refractivity contribution in [3.05, 3.63) is 45.5 Å². The summed E-state index contributed by atoms with van der Waals surface area (Å²) in [7, 11) is 1.56. The number of benzene rings is 1. The first-order chi connectivity index (χ1) is 16.5. The third kappa shape index (κ3) is 3.82. The molecule has 0 unspecified atom stereocenters. The lowest BCUT2D eigenvalue weighted by atomic mass is 9.97. The van der Waals surface area contributed by atoms with Gasteiger partial charge < -0.3 is 18.6 Å². The van der Waals surface area contributed by atoms with Crippen LogP contribution >= 0.6 is 34.3 Å². The molecule has 34 heavy (non-hydrogen) atoms. The van der Waals surface area contributed by atoms with Gasteiger partial charge in [-0.3, -0.25) is 0 Å². The number of thiazole rings is 1. The summed E-state index contributed by atoms with van der Waals surface area (Å²) in [5.74, 6) is 1.11. The Bertz CT molecular complexity index is 1490. The van der Waals surface area contributed by atoms with Gasteiger partial charge in [0.15, 0.2) is 11.4 Å². The molecule has 0 bridgehead atoms. The molecule has 1 fully saturated rings. The molecule has 6 rings (SSSR count). The van der Waals surface area contributed by atoms with Gasteiger partial charge in [-0.25, -0.2) is 14.4 Å². The summed E-state index contributed by atoms with van der Waals surface area (Å²) in [6.07, 6.45) is 2.33. The van der Waals surface area contributed by atoms with E-state index in [0.717, 1.165) is 5.39 Å². The zero-order chi connectivity index (χ0) is 23.3. The van der Waals surface area contributed by atoms with Crippen LogP contribution in [-0.2, 0) is 17.0 Å². The molecule has 1 aliphatic heterocycles. The van der Waals surface area contributed by atoms with Crippen LogP contribution in [0.15, 0.2) is 34.2 Å². The van der Waals surface area contributed by atoms with E-state index in [9.17, 15) is 0 Å². The lowest BCUT2D eigenvalue weighted by Crippen LogP contribution is -2.29. The summed E-state index contributed by atoms with van der Waals surface area (Å²) < 4.78 is 39.5. The fourth-order valence-electron chi connectivity index (χ4n) is 3.89. The van der Waals surface area contributed by atoms with Crippen molar-refractivity contribution in [2.45, 2.75) is 25.1 Å². The van der Waals surface area contributed by atoms with Gasteiger partial charge in [-0.05, 0) is 23.5 Å². The molecule has 0 aliphatic carbocycles. The number of hydrogen-bond acceptors (Lipinski definition) is 9. The second kappa shape index (κ2) is 8.49. The van der Waals surface area contributed by atoms with Crippen molar-refractivity contribution >= 4 is 50.2 Å². The molecule has 12 heteroatoms. The molecule has 0 radical (unpaired) electrons. The Morgan fingerprint density at radius 1 is 1.26 bits per heavy atom. The molecule has 0 saturated carbocycles. The van der Waals surface area contributed by atoms with Crippen LogP contribution in [0.3, 0.4) is 0 Å². The number of fused-ring (bicyclic) bond motifs is 2. The van der Waals surface area contributed by atoms with Crippen LogP contribution in [0.2, 0.25) is 5.02 Å². The van der Waals surface area contributed by atoms with Crippen molar-refractivity contribution in [3.8, 4) is 22.4 Å². The summed E-state index contributed by atoms with van der Waals surface area (Å²) >= 11 is 8.97. The van der Waals surface area contributed by atoms with Crippen LogP contribution < -0.4 is 9.47 Å². The van der Waals surface area contributed by atoms with Crippen molar-refractivity contribution in [1.82, 2.24) is 19.6 Å². The molecule has 4 aromatic heterocycles. The van der Waals surface area contributed by atoms with Gasteiger partial charge in [-0.1, -0.05) is 11.6 Å². The first-order valence-electron chi connectivity index (χ1n) is 10.5. The van der Waals surface area contributed by atoms with Gasteiger partial charge in [0.25, 0.3) is 5.19 Å². The van der Waals surface area contributed by atoms with Gasteiger partial charge >= 0.3 is 0 Å². The SMILES string of the molecule is COc1nn2c(-c3cc4c(OCc5csc(C6(F)CCOCC6)n5)cc(Cl)cc4o3)cnc2s1. The molecule has 176 valence electrons. The Kier molecular flexibility index (Phi) is 5.44. The second-order valence-corrected chi connectivity index (χ2v) is 10.1. The number of methoxy groups -OCH3 is 1. The molecule has 5 aromatic rings. The molecule has 5 heterocycles. The number of furan rings is 1. The Morgan fingerprint density at radius 2 is 2.12 bits per heavy atom. The van der Waals surface area contributed by atoms with E-state index in [0.29, 0.717) is 74.7 Å². The maximum absolute atomic E-state index is 15.2. The molecular weight excluding hydrogens is 503 g/mol. The van der Waals surface area contributed by atoms with Gasteiger partial charge in [-0.2, -0.15) is 4.52 Å². The van der Waals surface area contributed by atoms with Crippen LogP contribution in [0.25, 0.3) is 27.4 Å². The quantitative estimate of drug-likeness (QED) is 0.276. The van der Waals surface area contributed by atoms with E-state index in [1.165, 1.54) is 22.7 Å². The van der Waals surface area contributed by atoms with E-state index in [1.807, 2.05) is 11.4 Å². The van der Waals surface area contributed by atoms with Crippen molar-refractivity contribution in [2.24, 2.45) is 0 Å². The Labute approximate surface area is 205 Å². The van der Waals surface area contributed by atoms with Crippen molar-refractivity contribution < 1.29 is 23.0 Å². The topological polar surface area (TPSA) is 83.9 Å². The van der Waals surface area contributed by atoms with Crippen LogP contribution in [0, 0.1) is 0 Å². The first kappa shape index (κ1) is 21.8. The van der Waals surface area contributed by atoms with Crippen molar-refractivity contribution in [1.29, 1.82) is 0 Å². The number of halogens is 2. The number of imidazole rings is 1. The number of aromatic nitrogens is 4. The molecule has 1 aliphatic rings. The highest BCUT2D eigenvalue weighted by molar-refractivity contribution is 7.18. The zero-order valence-corrected chi connectivity index (χ0v) is 20.3. The van der Waals surface area contributed by atoms with Crippen LogP contribution in [-0.4, -0.2) is 39.9 Å². The molecule has 0 N–H and O–H groups in total. The van der Waals surface area contributed by atoms with Crippen LogP contribution in [0.5, 0.6) is 10.9 Å². The number of rotatable bonds is 6. The first-order valence-corrected chi connectivity index (χ1v) is 12.6. The number of hydrogen-bond donors (Lipinski definition) is 0. The highest BCUT2D eigenvalue weighted by Gasteiger charge is 2.37. The Hall–Kier alpha value is -2.73. The molecule has 1 aromatic carbocycles. The summed E-state index contributed by atoms with van der Waals surface area (Å²) in [5, 5.41) is 8.41. The third-order valence-electron chi connectivity index (χ3n) is 5.65. The average molecular weight is 521 g/mol. The maximum Gasteiger partial charge on any atom is 0.294 e. The predicted octanol–water partition coefficient (Wildman–Crippen LogP) is 5.88. The number of alkyl halides is 1. The van der Waals surface area contributed by atoms with E-state index >= 15 is 4.39 Å². The second-order valence-electron chi connectivity index (χ2n) is 7.85. The number of nitrogens with zero attached hydrogens (tertiary/aromatic N) is 4. The van der Waals surface area contributed by atoms with Gasteiger partial charge in [0.1, 0.15) is 28.6 Å². The number of ether oxygens (including phenoxy) is 3. The fourth-order valence-corrected chi connectivity index (χ4v) is 5.73. The van der Waals surface area contributed by atoms with E-state index < -0.39 is 5.67 Å². The minimum atomic E-state index is -1.43. The van der Waals surface area contributed by atoms with Crippen LogP contribution in [0.1, 0.15) is 23.5 Å².